The van der Waals surface area contributed by atoms with Crippen molar-refractivity contribution in [3.63, 3.8) is 0 Å². The van der Waals surface area contributed by atoms with Crippen LogP contribution in [0.2, 0.25) is 0 Å². The summed E-state index contributed by atoms with van der Waals surface area (Å²) in [7, 11) is 0. The minimum absolute atomic E-state index is 0.0348. The fourth-order valence-electron chi connectivity index (χ4n) is 2.66. The zero-order valence-corrected chi connectivity index (χ0v) is 14.0. The van der Waals surface area contributed by atoms with Crippen molar-refractivity contribution in [3.8, 4) is 5.75 Å². The van der Waals surface area contributed by atoms with Crippen LogP contribution in [0.25, 0.3) is 10.9 Å². The Morgan fingerprint density at radius 2 is 2.00 bits per heavy atom. The molecule has 3 aromatic rings. The quantitative estimate of drug-likeness (QED) is 0.637. The Bertz CT molecular complexity index is 962. The summed E-state index contributed by atoms with van der Waals surface area (Å²) in [6, 6.07) is 12.6. The first-order chi connectivity index (χ1) is 12.7. The van der Waals surface area contributed by atoms with E-state index in [0.717, 1.165) is 23.7 Å². The Hall–Kier alpha value is -3.35. The summed E-state index contributed by atoms with van der Waals surface area (Å²) in [4.78, 5) is 24.0. The van der Waals surface area contributed by atoms with Gasteiger partial charge in [-0.3, -0.25) is 14.7 Å². The molecule has 4 rings (SSSR count). The summed E-state index contributed by atoms with van der Waals surface area (Å²) in [5.74, 6) is 0.413. The average Bonchev–Trinajstić information content (AvgIpc) is 3.38. The molecule has 1 aliphatic rings. The molecule has 0 unspecified atom stereocenters. The minimum Gasteiger partial charge on any atom is -0.484 e. The van der Waals surface area contributed by atoms with Crippen LogP contribution >= 0.6 is 0 Å². The highest BCUT2D eigenvalue weighted by atomic mass is 16.5. The Balaban J connectivity index is 1.35. The molecule has 1 heterocycles. The van der Waals surface area contributed by atoms with Gasteiger partial charge in [0.2, 0.25) is 5.91 Å². The van der Waals surface area contributed by atoms with Gasteiger partial charge in [-0.15, -0.1) is 0 Å². The van der Waals surface area contributed by atoms with Gasteiger partial charge in [-0.1, -0.05) is 18.2 Å². The number of hydrogen-bond acceptors (Lipinski definition) is 4. The molecule has 1 aromatic heterocycles. The lowest BCUT2D eigenvalue weighted by molar-refractivity contribution is -0.118. The zero-order valence-electron chi connectivity index (χ0n) is 14.0. The second-order valence-electron chi connectivity index (χ2n) is 6.27. The zero-order chi connectivity index (χ0) is 17.9. The van der Waals surface area contributed by atoms with Gasteiger partial charge < -0.3 is 15.4 Å². The molecule has 7 nitrogen and oxygen atoms in total. The average molecular weight is 350 g/mol. The molecule has 7 heteroatoms. The Kier molecular flexibility index (Phi) is 4.27. The first-order valence-corrected chi connectivity index (χ1v) is 8.45. The molecule has 1 saturated carbocycles. The van der Waals surface area contributed by atoms with Crippen LogP contribution in [0.4, 0.5) is 11.4 Å². The number of ether oxygens (including phenoxy) is 1. The third-order valence-corrected chi connectivity index (χ3v) is 4.17. The van der Waals surface area contributed by atoms with E-state index >= 15 is 0 Å². The van der Waals surface area contributed by atoms with E-state index < -0.39 is 0 Å². The van der Waals surface area contributed by atoms with Crippen LogP contribution in [0.15, 0.2) is 48.7 Å². The summed E-state index contributed by atoms with van der Waals surface area (Å²) in [5, 5.41) is 13.4. The molecule has 2 aromatic carbocycles. The minimum atomic E-state index is -0.278. The summed E-state index contributed by atoms with van der Waals surface area (Å²) in [5.41, 5.74) is 2.09. The topological polar surface area (TPSA) is 96.1 Å². The predicted molar refractivity (Wildman–Crippen MR) is 98.0 cm³/mol. The van der Waals surface area contributed by atoms with Crippen LogP contribution in [0.3, 0.4) is 0 Å². The first-order valence-electron chi connectivity index (χ1n) is 8.45. The summed E-state index contributed by atoms with van der Waals surface area (Å²) < 4.78 is 5.54. The van der Waals surface area contributed by atoms with Gasteiger partial charge in [0, 0.05) is 23.1 Å². The number of anilines is 2. The normalized spacial score (nSPS) is 13.4. The molecule has 0 aliphatic heterocycles. The highest BCUT2D eigenvalue weighted by Gasteiger charge is 2.29. The lowest BCUT2D eigenvalue weighted by Gasteiger charge is -2.10. The molecular weight excluding hydrogens is 332 g/mol. The van der Waals surface area contributed by atoms with Gasteiger partial charge in [-0.05, 0) is 31.0 Å². The number of carbonyl (C=O) groups excluding carboxylic acids is 2. The van der Waals surface area contributed by atoms with Crippen molar-refractivity contribution in [2.75, 3.05) is 17.2 Å². The Labute approximate surface area is 149 Å². The van der Waals surface area contributed by atoms with E-state index in [4.69, 9.17) is 4.74 Å². The maximum absolute atomic E-state index is 12.2. The standard InChI is InChI=1S/C19H18N4O3/c24-17(22-16-6-1-3-13-10-20-23-18(13)16)11-26-15-5-2-4-14(9-15)21-19(25)12-7-8-12/h1-6,9-10,12H,7-8,11H2,(H,20,23)(H,21,25)(H,22,24). The number of aromatic nitrogens is 2. The monoisotopic (exact) mass is 350 g/mol. The van der Waals surface area contributed by atoms with Gasteiger partial charge in [0.15, 0.2) is 6.61 Å². The maximum Gasteiger partial charge on any atom is 0.262 e. The SMILES string of the molecule is O=C(COc1cccc(NC(=O)C2CC2)c1)Nc1cccc2cn[nH]c12. The molecular formula is C19H18N4O3. The largest absolute Gasteiger partial charge is 0.484 e. The van der Waals surface area contributed by atoms with Crippen LogP contribution in [0, 0.1) is 5.92 Å². The number of nitrogens with zero attached hydrogens (tertiary/aromatic N) is 1. The van der Waals surface area contributed by atoms with E-state index in [1.807, 2.05) is 12.1 Å². The fraction of sp³-hybridized carbons (Fsp3) is 0.211. The molecule has 1 fully saturated rings. The summed E-state index contributed by atoms with van der Waals surface area (Å²) in [6.07, 6.45) is 3.60. The van der Waals surface area contributed by atoms with Crippen LogP contribution < -0.4 is 15.4 Å². The number of hydrogen-bond donors (Lipinski definition) is 3. The third-order valence-electron chi connectivity index (χ3n) is 4.17. The van der Waals surface area contributed by atoms with Crippen molar-refractivity contribution in [1.82, 2.24) is 10.2 Å². The van der Waals surface area contributed by atoms with Crippen LogP contribution in [0.1, 0.15) is 12.8 Å². The van der Waals surface area contributed by atoms with Crippen LogP contribution in [-0.2, 0) is 9.59 Å². The van der Waals surface area contributed by atoms with Crippen molar-refractivity contribution in [2.45, 2.75) is 12.8 Å². The van der Waals surface area contributed by atoms with Crippen molar-refractivity contribution >= 4 is 34.1 Å². The number of H-pyrrole nitrogens is 1. The molecule has 0 saturated heterocycles. The van der Waals surface area contributed by atoms with Gasteiger partial charge >= 0.3 is 0 Å². The molecule has 0 radical (unpaired) electrons. The van der Waals surface area contributed by atoms with E-state index in [-0.39, 0.29) is 24.3 Å². The van der Waals surface area contributed by atoms with Gasteiger partial charge in [-0.2, -0.15) is 5.10 Å². The van der Waals surface area contributed by atoms with Gasteiger partial charge in [0.25, 0.3) is 5.91 Å². The van der Waals surface area contributed by atoms with E-state index in [1.165, 1.54) is 0 Å². The summed E-state index contributed by atoms with van der Waals surface area (Å²) in [6.45, 7) is -0.134. The molecule has 2 amide bonds. The van der Waals surface area contributed by atoms with E-state index in [0.29, 0.717) is 17.1 Å². The van der Waals surface area contributed by atoms with E-state index in [1.54, 1.807) is 36.5 Å². The number of nitrogens with one attached hydrogen (secondary N) is 3. The number of fused-ring (bicyclic) bond motifs is 1. The molecule has 1 aliphatic carbocycles. The molecule has 0 spiro atoms. The Morgan fingerprint density at radius 3 is 2.85 bits per heavy atom. The lowest BCUT2D eigenvalue weighted by atomic mass is 10.2. The predicted octanol–water partition coefficient (Wildman–Crippen LogP) is 2.93. The van der Waals surface area contributed by atoms with Crippen molar-refractivity contribution in [3.05, 3.63) is 48.7 Å². The highest BCUT2D eigenvalue weighted by molar-refractivity contribution is 6.00. The van der Waals surface area contributed by atoms with Crippen LogP contribution in [0.5, 0.6) is 5.75 Å². The molecule has 26 heavy (non-hydrogen) atoms. The third kappa shape index (κ3) is 3.66. The number of carbonyl (C=O) groups is 2. The molecule has 0 bridgehead atoms. The molecule has 3 N–H and O–H groups in total. The molecule has 0 atom stereocenters. The number of para-hydroxylation sites is 1. The van der Waals surface area contributed by atoms with E-state index in [2.05, 4.69) is 20.8 Å². The van der Waals surface area contributed by atoms with Gasteiger partial charge in [-0.25, -0.2) is 0 Å². The van der Waals surface area contributed by atoms with Crippen molar-refractivity contribution in [2.24, 2.45) is 5.92 Å². The molecule has 132 valence electrons. The first kappa shape index (κ1) is 16.1. The van der Waals surface area contributed by atoms with Crippen molar-refractivity contribution in [1.29, 1.82) is 0 Å². The second kappa shape index (κ2) is 6.87. The van der Waals surface area contributed by atoms with E-state index in [9.17, 15) is 9.59 Å². The number of amides is 2. The van der Waals surface area contributed by atoms with Crippen molar-refractivity contribution < 1.29 is 14.3 Å². The Morgan fingerprint density at radius 1 is 1.15 bits per heavy atom. The van der Waals surface area contributed by atoms with Gasteiger partial charge in [0.05, 0.1) is 17.4 Å². The number of benzene rings is 2. The summed E-state index contributed by atoms with van der Waals surface area (Å²) >= 11 is 0. The fourth-order valence-corrected chi connectivity index (χ4v) is 2.66. The maximum atomic E-state index is 12.2. The smallest absolute Gasteiger partial charge is 0.262 e. The number of rotatable bonds is 6. The second-order valence-corrected chi connectivity index (χ2v) is 6.27. The van der Waals surface area contributed by atoms with Gasteiger partial charge in [0.1, 0.15) is 5.75 Å². The lowest BCUT2D eigenvalue weighted by Crippen LogP contribution is -2.20. The highest BCUT2D eigenvalue weighted by Crippen LogP contribution is 2.30. The van der Waals surface area contributed by atoms with Crippen LogP contribution in [-0.4, -0.2) is 28.6 Å². The number of aromatic amines is 1.